The first kappa shape index (κ1) is 23.3. The molecule has 182 valence electrons. The maximum Gasteiger partial charge on any atom is 0.253 e. The number of carbonyl (C=O) groups excluding carboxylic acids is 1. The molecule has 2 saturated heterocycles. The first-order chi connectivity index (χ1) is 17.2. The summed E-state index contributed by atoms with van der Waals surface area (Å²) in [6.07, 6.45) is 3.12. The minimum atomic E-state index is -0.342. The molecule has 35 heavy (non-hydrogen) atoms. The molecule has 8 heteroatoms. The highest BCUT2D eigenvalue weighted by Gasteiger charge is 2.23. The van der Waals surface area contributed by atoms with Gasteiger partial charge in [0.05, 0.1) is 5.69 Å². The average molecular weight is 473 g/mol. The average Bonchev–Trinajstić information content (AvgIpc) is 3.45. The lowest BCUT2D eigenvalue weighted by atomic mass is 10.1. The quantitative estimate of drug-likeness (QED) is 0.535. The Balaban J connectivity index is 1.20. The van der Waals surface area contributed by atoms with E-state index in [9.17, 15) is 4.79 Å². The van der Waals surface area contributed by atoms with Crippen LogP contribution in [0.2, 0.25) is 0 Å². The van der Waals surface area contributed by atoms with Crippen molar-refractivity contribution in [1.29, 1.82) is 0 Å². The highest BCUT2D eigenvalue weighted by atomic mass is 16.5. The molecule has 8 nitrogen and oxygen atoms in total. The van der Waals surface area contributed by atoms with Crippen molar-refractivity contribution in [2.75, 3.05) is 54.9 Å². The number of rotatable bonds is 7. The molecular weight excluding hydrogens is 440 g/mol. The monoisotopic (exact) mass is 472 g/mol. The molecule has 2 aliphatic heterocycles. The molecule has 2 aliphatic rings. The van der Waals surface area contributed by atoms with Gasteiger partial charge in [0.15, 0.2) is 0 Å². The number of hydrogen-bond donors (Lipinski definition) is 2. The summed E-state index contributed by atoms with van der Waals surface area (Å²) < 4.78 is 5.45. The van der Waals surface area contributed by atoms with Gasteiger partial charge in [0, 0.05) is 61.6 Å². The molecule has 0 bridgehead atoms. The summed E-state index contributed by atoms with van der Waals surface area (Å²) in [7, 11) is 0. The van der Waals surface area contributed by atoms with Crippen molar-refractivity contribution in [2.24, 2.45) is 0 Å². The fourth-order valence-electron chi connectivity index (χ4n) is 4.52. The van der Waals surface area contributed by atoms with Gasteiger partial charge < -0.3 is 25.2 Å². The van der Waals surface area contributed by atoms with Crippen LogP contribution in [0.15, 0.2) is 60.8 Å². The first-order valence-corrected chi connectivity index (χ1v) is 12.4. The Morgan fingerprint density at radius 3 is 2.43 bits per heavy atom. The maximum atomic E-state index is 12.3. The lowest BCUT2D eigenvalue weighted by Gasteiger charge is -2.35. The molecule has 2 aromatic carbocycles. The highest BCUT2D eigenvalue weighted by Crippen LogP contribution is 2.24. The van der Waals surface area contributed by atoms with Crippen molar-refractivity contribution in [3.8, 4) is 11.3 Å². The van der Waals surface area contributed by atoms with E-state index < -0.39 is 0 Å². The molecule has 1 atom stereocenters. The number of amides is 1. The molecule has 0 spiro atoms. The minimum absolute atomic E-state index is 0.0852. The van der Waals surface area contributed by atoms with Gasteiger partial charge in [0.2, 0.25) is 5.95 Å². The van der Waals surface area contributed by atoms with Crippen LogP contribution in [0.3, 0.4) is 0 Å². The summed E-state index contributed by atoms with van der Waals surface area (Å²) in [5.41, 5.74) is 4.70. The largest absolute Gasteiger partial charge is 0.369 e. The molecule has 3 aromatic rings. The number of nitrogens with zero attached hydrogens (tertiary/aromatic N) is 4. The number of ether oxygens (including phenoxy) is 1. The molecule has 1 amide bonds. The molecule has 1 unspecified atom stereocenters. The van der Waals surface area contributed by atoms with Gasteiger partial charge in [-0.05, 0) is 61.9 Å². The van der Waals surface area contributed by atoms with Crippen LogP contribution in [0.1, 0.15) is 19.8 Å². The second-order valence-electron chi connectivity index (χ2n) is 8.93. The summed E-state index contributed by atoms with van der Waals surface area (Å²) in [6.45, 7) is 8.33. The molecule has 5 rings (SSSR count). The Hall–Kier alpha value is -3.49. The maximum absolute atomic E-state index is 12.3. The van der Waals surface area contributed by atoms with E-state index in [0.29, 0.717) is 12.6 Å². The second-order valence-corrected chi connectivity index (χ2v) is 8.93. The van der Waals surface area contributed by atoms with Crippen molar-refractivity contribution < 1.29 is 9.53 Å². The van der Waals surface area contributed by atoms with E-state index in [1.54, 1.807) is 6.20 Å². The first-order valence-electron chi connectivity index (χ1n) is 12.4. The fraction of sp³-hybridized carbons (Fsp3) is 0.370. The number of nitrogens with one attached hydrogen (secondary N) is 2. The van der Waals surface area contributed by atoms with Gasteiger partial charge in [-0.25, -0.2) is 9.97 Å². The lowest BCUT2D eigenvalue weighted by molar-refractivity contribution is -0.124. The van der Waals surface area contributed by atoms with Gasteiger partial charge >= 0.3 is 0 Å². The Labute approximate surface area is 206 Å². The van der Waals surface area contributed by atoms with Gasteiger partial charge in [-0.3, -0.25) is 4.79 Å². The summed E-state index contributed by atoms with van der Waals surface area (Å²) in [6, 6.07) is 18.0. The Morgan fingerprint density at radius 1 is 1.00 bits per heavy atom. The fourth-order valence-corrected chi connectivity index (χ4v) is 4.52. The van der Waals surface area contributed by atoms with Gasteiger partial charge in [0.25, 0.3) is 5.91 Å². The zero-order chi connectivity index (χ0) is 24.0. The van der Waals surface area contributed by atoms with Gasteiger partial charge in [-0.1, -0.05) is 19.1 Å². The van der Waals surface area contributed by atoms with Crippen molar-refractivity contribution in [2.45, 2.75) is 25.9 Å². The topological polar surface area (TPSA) is 82.6 Å². The van der Waals surface area contributed by atoms with Gasteiger partial charge in [-0.15, -0.1) is 0 Å². The molecule has 3 heterocycles. The minimum Gasteiger partial charge on any atom is -0.369 e. The van der Waals surface area contributed by atoms with E-state index in [1.165, 1.54) is 5.69 Å². The molecule has 2 N–H and O–H groups in total. The SMILES string of the molecule is CCN1CCN(c2ccc(Nc3nccc(-c4ccc(NC(=O)C5CCCO5)cc4)n3)cc2)CC1. The molecule has 2 fully saturated rings. The number of hydrogen-bond acceptors (Lipinski definition) is 7. The third-order valence-corrected chi connectivity index (χ3v) is 6.63. The van der Waals surface area contributed by atoms with Gasteiger partial charge in [0.1, 0.15) is 6.10 Å². The van der Waals surface area contributed by atoms with Crippen LogP contribution in [-0.2, 0) is 9.53 Å². The number of likely N-dealkylation sites (N-methyl/N-ethyl adjacent to an activating group) is 1. The van der Waals surface area contributed by atoms with Crippen LogP contribution >= 0.6 is 0 Å². The predicted molar refractivity (Wildman–Crippen MR) is 139 cm³/mol. The zero-order valence-corrected chi connectivity index (χ0v) is 20.1. The van der Waals surface area contributed by atoms with E-state index in [0.717, 1.165) is 68.2 Å². The molecule has 0 radical (unpaired) electrons. The van der Waals surface area contributed by atoms with Crippen molar-refractivity contribution in [1.82, 2.24) is 14.9 Å². The second kappa shape index (κ2) is 10.8. The third kappa shape index (κ3) is 5.78. The van der Waals surface area contributed by atoms with E-state index >= 15 is 0 Å². The number of anilines is 4. The van der Waals surface area contributed by atoms with E-state index in [1.807, 2.05) is 30.3 Å². The molecule has 0 aliphatic carbocycles. The van der Waals surface area contributed by atoms with Crippen molar-refractivity contribution in [3.63, 3.8) is 0 Å². The Bertz CT molecular complexity index is 1120. The van der Waals surface area contributed by atoms with E-state index in [4.69, 9.17) is 4.74 Å². The predicted octanol–water partition coefficient (Wildman–Crippen LogP) is 4.15. The van der Waals surface area contributed by atoms with Crippen molar-refractivity contribution in [3.05, 3.63) is 60.8 Å². The number of carbonyl (C=O) groups is 1. The van der Waals surface area contributed by atoms with Gasteiger partial charge in [-0.2, -0.15) is 0 Å². The summed E-state index contributed by atoms with van der Waals surface area (Å²) in [5, 5.41) is 6.23. The number of piperazine rings is 1. The number of aromatic nitrogens is 2. The lowest BCUT2D eigenvalue weighted by Crippen LogP contribution is -2.46. The summed E-state index contributed by atoms with van der Waals surface area (Å²) in [4.78, 5) is 26.2. The highest BCUT2D eigenvalue weighted by molar-refractivity contribution is 5.94. The zero-order valence-electron chi connectivity index (χ0n) is 20.1. The van der Waals surface area contributed by atoms with Crippen LogP contribution in [0.5, 0.6) is 0 Å². The van der Waals surface area contributed by atoms with Crippen LogP contribution in [-0.4, -0.2) is 66.2 Å². The number of benzene rings is 2. The van der Waals surface area contributed by atoms with Crippen LogP contribution in [0, 0.1) is 0 Å². The van der Waals surface area contributed by atoms with Crippen LogP contribution in [0.25, 0.3) is 11.3 Å². The van der Waals surface area contributed by atoms with E-state index in [2.05, 4.69) is 61.6 Å². The Kier molecular flexibility index (Phi) is 7.20. The molecule has 1 aromatic heterocycles. The van der Waals surface area contributed by atoms with Crippen LogP contribution < -0.4 is 15.5 Å². The Morgan fingerprint density at radius 2 is 1.74 bits per heavy atom. The van der Waals surface area contributed by atoms with Crippen molar-refractivity contribution >= 4 is 28.9 Å². The normalized spacial score (nSPS) is 18.4. The molecular formula is C27H32N6O2. The third-order valence-electron chi connectivity index (χ3n) is 6.63. The van der Waals surface area contributed by atoms with Crippen LogP contribution in [0.4, 0.5) is 23.0 Å². The van der Waals surface area contributed by atoms with E-state index in [-0.39, 0.29) is 12.0 Å². The molecule has 0 saturated carbocycles. The summed E-state index contributed by atoms with van der Waals surface area (Å²) >= 11 is 0. The standard InChI is InChI=1S/C27H32N6O2/c1-2-32-15-17-33(18-16-32)23-11-9-22(10-12-23)30-27-28-14-13-24(31-27)20-5-7-21(8-6-20)29-26(34)25-4-3-19-35-25/h5-14,25H,2-4,15-19H2,1H3,(H,29,34)(H,28,30,31). The smallest absolute Gasteiger partial charge is 0.253 e. The summed E-state index contributed by atoms with van der Waals surface area (Å²) in [5.74, 6) is 0.459.